The Kier molecular flexibility index (Phi) is 3.10. The molecule has 8 nitrogen and oxygen atoms in total. The predicted molar refractivity (Wildman–Crippen MR) is 90.6 cm³/mol. The first-order chi connectivity index (χ1) is 11.5. The molecule has 0 spiro atoms. The summed E-state index contributed by atoms with van der Waals surface area (Å²) < 4.78 is 0.141. The van der Waals surface area contributed by atoms with Crippen molar-refractivity contribution in [3.05, 3.63) is 83.1 Å². The average Bonchev–Trinajstić information content (AvgIpc) is 2.54. The molecule has 4 rings (SSSR count). The molecule has 3 heterocycles. The third-order valence-electron chi connectivity index (χ3n) is 3.91. The quantitative estimate of drug-likeness (QED) is 0.331. The summed E-state index contributed by atoms with van der Waals surface area (Å²) >= 11 is 5.00. The normalized spacial score (nSPS) is 15.2. The molecule has 1 aliphatic rings. The summed E-state index contributed by atoms with van der Waals surface area (Å²) in [6.45, 7) is 0. The van der Waals surface area contributed by atoms with E-state index in [1.165, 1.54) is 0 Å². The molecule has 2 aromatic heterocycles. The van der Waals surface area contributed by atoms with E-state index >= 15 is 0 Å². The van der Waals surface area contributed by atoms with Crippen LogP contribution in [-0.4, -0.2) is 19.9 Å². The van der Waals surface area contributed by atoms with Gasteiger partial charge in [0.2, 0.25) is 0 Å². The average molecular weight is 341 g/mol. The van der Waals surface area contributed by atoms with Crippen molar-refractivity contribution in [2.75, 3.05) is 5.32 Å². The molecule has 0 aliphatic carbocycles. The third kappa shape index (κ3) is 2.14. The minimum absolute atomic E-state index is 0.141. The molecule has 1 unspecified atom stereocenters. The van der Waals surface area contributed by atoms with Crippen molar-refractivity contribution in [1.29, 1.82) is 0 Å². The second kappa shape index (κ2) is 5.17. The van der Waals surface area contributed by atoms with Gasteiger partial charge in [0, 0.05) is 0 Å². The molecule has 1 aliphatic heterocycles. The Bertz CT molecular complexity index is 1170. The van der Waals surface area contributed by atoms with Crippen molar-refractivity contribution >= 4 is 23.7 Å². The number of anilines is 2. The van der Waals surface area contributed by atoms with Crippen molar-refractivity contribution in [1.82, 2.24) is 19.9 Å². The lowest BCUT2D eigenvalue weighted by molar-refractivity contribution is 0.831. The van der Waals surface area contributed by atoms with E-state index in [0.29, 0.717) is 17.1 Å². The molecule has 1 atom stereocenters. The van der Waals surface area contributed by atoms with E-state index in [1.54, 1.807) is 0 Å². The van der Waals surface area contributed by atoms with Crippen LogP contribution < -0.4 is 22.1 Å². The van der Waals surface area contributed by atoms with E-state index in [9.17, 15) is 14.4 Å². The van der Waals surface area contributed by atoms with Gasteiger partial charge in [0.25, 0.3) is 11.1 Å². The highest BCUT2D eigenvalue weighted by Crippen LogP contribution is 2.38. The highest BCUT2D eigenvalue weighted by Gasteiger charge is 2.32. The van der Waals surface area contributed by atoms with Gasteiger partial charge in [-0.3, -0.25) is 19.6 Å². The molecule has 1 aromatic carbocycles. The maximum atomic E-state index is 12.5. The molecule has 0 bridgehead atoms. The molecule has 5 N–H and O–H groups in total. The number of hydrogen-bond acceptors (Lipinski definition) is 5. The maximum Gasteiger partial charge on any atom is 0.326 e. The smallest absolute Gasteiger partial charge is 0.326 e. The van der Waals surface area contributed by atoms with Crippen LogP contribution >= 0.6 is 12.2 Å². The van der Waals surface area contributed by atoms with Gasteiger partial charge in [0.15, 0.2) is 4.77 Å². The number of aromatic amines is 4. The van der Waals surface area contributed by atoms with Crippen molar-refractivity contribution in [3.63, 3.8) is 0 Å². The van der Waals surface area contributed by atoms with Crippen LogP contribution in [0.4, 0.5) is 11.5 Å². The van der Waals surface area contributed by atoms with Crippen LogP contribution in [0.1, 0.15) is 22.7 Å². The fourth-order valence-corrected chi connectivity index (χ4v) is 3.16. The lowest BCUT2D eigenvalue weighted by Crippen LogP contribution is -2.34. The van der Waals surface area contributed by atoms with Crippen LogP contribution in [0.2, 0.25) is 0 Å². The molecular weight excluding hydrogens is 330 g/mol. The van der Waals surface area contributed by atoms with Gasteiger partial charge in [-0.1, -0.05) is 30.3 Å². The Hall–Kier alpha value is -3.20. The fraction of sp³-hybridized carbons (Fsp3) is 0.0667. The van der Waals surface area contributed by atoms with Crippen LogP contribution in [-0.2, 0) is 0 Å². The molecule has 24 heavy (non-hydrogen) atoms. The number of nitrogens with one attached hydrogen (secondary N) is 5. The number of H-pyrrole nitrogens is 4. The van der Waals surface area contributed by atoms with Gasteiger partial charge in [0.05, 0.1) is 17.2 Å². The second-order valence-electron chi connectivity index (χ2n) is 5.36. The number of fused-ring (bicyclic) bond motifs is 2. The molecule has 0 saturated heterocycles. The SMILES string of the molecule is O=c1[nH]c2c(c(=O)[nH]1)Nc1[nH]c(=S)[nH]c(=O)c1C2c1ccccc1. The molecule has 0 saturated carbocycles. The van der Waals surface area contributed by atoms with E-state index in [1.807, 2.05) is 30.3 Å². The highest BCUT2D eigenvalue weighted by molar-refractivity contribution is 7.71. The zero-order valence-electron chi connectivity index (χ0n) is 12.1. The van der Waals surface area contributed by atoms with Crippen LogP contribution in [0, 0.1) is 4.77 Å². The monoisotopic (exact) mass is 341 g/mol. The largest absolute Gasteiger partial charge is 0.335 e. The molecule has 0 amide bonds. The summed E-state index contributed by atoms with van der Waals surface area (Å²) in [4.78, 5) is 46.6. The van der Waals surface area contributed by atoms with Crippen molar-refractivity contribution in [3.8, 4) is 0 Å². The predicted octanol–water partition coefficient (Wildman–Crippen LogP) is 1.05. The third-order valence-corrected chi connectivity index (χ3v) is 4.12. The topological polar surface area (TPSA) is 126 Å². The van der Waals surface area contributed by atoms with E-state index in [-0.39, 0.29) is 16.0 Å². The van der Waals surface area contributed by atoms with Crippen molar-refractivity contribution < 1.29 is 0 Å². The first-order valence-corrected chi connectivity index (χ1v) is 7.50. The lowest BCUT2D eigenvalue weighted by Gasteiger charge is -2.27. The van der Waals surface area contributed by atoms with E-state index in [0.717, 1.165) is 5.56 Å². The highest BCUT2D eigenvalue weighted by atomic mass is 32.1. The standard InChI is InChI=1S/C15H11N5O3S/c21-12-8-7(6-4-2-1-3-5-6)9-10(13(22)19-14(23)17-9)16-11(8)18-15(24)20-12/h1-5,7H,(H2,17,19,22,23)(H3,16,18,20,21,24). The Labute approximate surface area is 138 Å². The number of rotatable bonds is 1. The van der Waals surface area contributed by atoms with Crippen molar-refractivity contribution in [2.45, 2.75) is 5.92 Å². The van der Waals surface area contributed by atoms with Gasteiger partial charge < -0.3 is 15.3 Å². The summed E-state index contributed by atoms with van der Waals surface area (Å²) in [5, 5.41) is 2.86. The van der Waals surface area contributed by atoms with Gasteiger partial charge in [-0.25, -0.2) is 4.79 Å². The molecule has 0 radical (unpaired) electrons. The summed E-state index contributed by atoms with van der Waals surface area (Å²) in [6, 6.07) is 9.13. The van der Waals surface area contributed by atoms with Crippen LogP contribution in [0.3, 0.4) is 0 Å². The molecule has 120 valence electrons. The number of benzene rings is 1. The Morgan fingerprint density at radius 2 is 1.62 bits per heavy atom. The van der Waals surface area contributed by atoms with Crippen molar-refractivity contribution in [2.24, 2.45) is 0 Å². The van der Waals surface area contributed by atoms with E-state index in [4.69, 9.17) is 12.2 Å². The Morgan fingerprint density at radius 3 is 2.38 bits per heavy atom. The summed E-state index contributed by atoms with van der Waals surface area (Å²) in [7, 11) is 0. The maximum absolute atomic E-state index is 12.5. The van der Waals surface area contributed by atoms with E-state index in [2.05, 4.69) is 25.3 Å². The molecule has 9 heteroatoms. The van der Waals surface area contributed by atoms with Gasteiger partial charge in [-0.15, -0.1) is 0 Å². The molecular formula is C15H11N5O3S. The molecule has 3 aromatic rings. The number of aromatic nitrogens is 4. The fourth-order valence-electron chi connectivity index (χ4n) is 2.96. The summed E-state index contributed by atoms with van der Waals surface area (Å²) in [6.07, 6.45) is 0. The van der Waals surface area contributed by atoms with Gasteiger partial charge >= 0.3 is 5.69 Å². The van der Waals surface area contributed by atoms with Gasteiger partial charge in [-0.05, 0) is 17.8 Å². The summed E-state index contributed by atoms with van der Waals surface area (Å²) in [5.74, 6) is -0.272. The van der Waals surface area contributed by atoms with Gasteiger partial charge in [0.1, 0.15) is 11.5 Å². The lowest BCUT2D eigenvalue weighted by atomic mass is 9.86. The summed E-state index contributed by atoms with van der Waals surface area (Å²) in [5.41, 5.74) is 0.0278. The first-order valence-electron chi connectivity index (χ1n) is 7.09. The minimum atomic E-state index is -0.634. The Balaban J connectivity index is 2.13. The molecule has 0 fully saturated rings. The minimum Gasteiger partial charge on any atom is -0.335 e. The van der Waals surface area contributed by atoms with E-state index < -0.39 is 17.2 Å². The van der Waals surface area contributed by atoms with Crippen LogP contribution in [0.15, 0.2) is 44.7 Å². The Morgan fingerprint density at radius 1 is 0.875 bits per heavy atom. The van der Waals surface area contributed by atoms with Gasteiger partial charge in [-0.2, -0.15) is 0 Å². The van der Waals surface area contributed by atoms with Crippen LogP contribution in [0.5, 0.6) is 0 Å². The first kappa shape index (κ1) is 14.4. The van der Waals surface area contributed by atoms with Crippen LogP contribution in [0.25, 0.3) is 0 Å². The zero-order chi connectivity index (χ0) is 16.8. The number of hydrogen-bond donors (Lipinski definition) is 5. The second-order valence-corrected chi connectivity index (χ2v) is 5.77. The zero-order valence-corrected chi connectivity index (χ0v) is 12.9.